The third-order valence-corrected chi connectivity index (χ3v) is 6.57. The molecule has 0 bridgehead atoms. The number of nitrogens with one attached hydrogen (secondary N) is 2. The normalized spacial score (nSPS) is 15.2. The number of rotatable bonds is 2. The van der Waals surface area contributed by atoms with Crippen molar-refractivity contribution in [2.75, 3.05) is 13.1 Å². The zero-order valence-corrected chi connectivity index (χ0v) is 17.5. The summed E-state index contributed by atoms with van der Waals surface area (Å²) in [5.41, 5.74) is 3.51. The molecule has 0 saturated carbocycles. The second kappa shape index (κ2) is 7.25. The molecular weight excluding hydrogens is 396 g/mol. The predicted octanol–water partition coefficient (Wildman–Crippen LogP) is 4.10. The Morgan fingerprint density at radius 3 is 2.63 bits per heavy atom. The number of H-pyrrole nitrogens is 2. The zero-order chi connectivity index (χ0) is 20.8. The first-order chi connectivity index (χ1) is 14.5. The molecule has 2 N–H and O–H groups in total. The number of para-hydroxylation sites is 1. The number of hydrogen-bond donors (Lipinski definition) is 2. The molecule has 0 aliphatic carbocycles. The Balaban J connectivity index is 1.36. The van der Waals surface area contributed by atoms with Crippen molar-refractivity contribution in [3.8, 4) is 0 Å². The highest BCUT2D eigenvalue weighted by atomic mass is 32.1. The molecule has 3 heterocycles. The quantitative estimate of drug-likeness (QED) is 0.482. The Kier molecular flexibility index (Phi) is 4.55. The molecule has 0 radical (unpaired) electrons. The molecular formula is C23H22N4O2S. The van der Waals surface area contributed by atoms with Gasteiger partial charge in [0.05, 0.1) is 10.9 Å². The lowest BCUT2D eigenvalue weighted by Crippen LogP contribution is -2.37. The topological polar surface area (TPSA) is 73.9 Å². The lowest BCUT2D eigenvalue weighted by molar-refractivity contribution is 0.0713. The van der Waals surface area contributed by atoms with Crippen LogP contribution < -0.4 is 5.56 Å². The number of amides is 1. The first-order valence-electron chi connectivity index (χ1n) is 10.1. The monoisotopic (exact) mass is 418 g/mol. The molecule has 6 nitrogen and oxygen atoms in total. The molecule has 5 rings (SSSR count). The number of benzene rings is 2. The van der Waals surface area contributed by atoms with Crippen molar-refractivity contribution in [1.29, 1.82) is 0 Å². The molecule has 1 aliphatic rings. The van der Waals surface area contributed by atoms with Crippen molar-refractivity contribution in [1.82, 2.24) is 19.4 Å². The van der Waals surface area contributed by atoms with Crippen molar-refractivity contribution < 1.29 is 4.79 Å². The Morgan fingerprint density at radius 2 is 1.83 bits per heavy atom. The van der Waals surface area contributed by atoms with Gasteiger partial charge in [-0.1, -0.05) is 18.2 Å². The highest BCUT2D eigenvalue weighted by molar-refractivity contribution is 7.71. The number of nitrogens with zero attached hydrogens (tertiary/aromatic N) is 2. The maximum Gasteiger partial charge on any atom is 0.261 e. The van der Waals surface area contributed by atoms with Crippen molar-refractivity contribution >= 4 is 39.9 Å². The van der Waals surface area contributed by atoms with Gasteiger partial charge in [-0.05, 0) is 60.8 Å². The molecule has 2 aromatic heterocycles. The number of piperidine rings is 1. The van der Waals surface area contributed by atoms with E-state index in [1.54, 1.807) is 25.2 Å². The van der Waals surface area contributed by atoms with Crippen LogP contribution in [-0.2, 0) is 7.05 Å². The Bertz CT molecular complexity index is 1390. The fraction of sp³-hybridized carbons (Fsp3) is 0.261. The lowest BCUT2D eigenvalue weighted by Gasteiger charge is -2.32. The van der Waals surface area contributed by atoms with Crippen LogP contribution in [0.1, 0.15) is 34.7 Å². The van der Waals surface area contributed by atoms with Crippen LogP contribution in [0, 0.1) is 4.77 Å². The van der Waals surface area contributed by atoms with Gasteiger partial charge in [-0.25, -0.2) is 0 Å². The second-order valence-electron chi connectivity index (χ2n) is 7.91. The highest BCUT2D eigenvalue weighted by Crippen LogP contribution is 2.33. The Morgan fingerprint density at radius 1 is 1.07 bits per heavy atom. The van der Waals surface area contributed by atoms with E-state index >= 15 is 0 Å². The van der Waals surface area contributed by atoms with Crippen molar-refractivity contribution in [2.24, 2.45) is 7.05 Å². The van der Waals surface area contributed by atoms with Gasteiger partial charge in [0, 0.05) is 42.8 Å². The number of likely N-dealkylation sites (tertiary alicyclic amines) is 1. The average Bonchev–Trinajstić information content (AvgIpc) is 3.21. The van der Waals surface area contributed by atoms with Crippen LogP contribution in [0.5, 0.6) is 0 Å². The number of fused-ring (bicyclic) bond motifs is 2. The van der Waals surface area contributed by atoms with Crippen LogP contribution in [0.3, 0.4) is 0 Å². The molecule has 1 aliphatic heterocycles. The first kappa shape index (κ1) is 18.8. The van der Waals surface area contributed by atoms with E-state index in [-0.39, 0.29) is 11.5 Å². The molecule has 1 saturated heterocycles. The minimum absolute atomic E-state index is 0.00530. The van der Waals surface area contributed by atoms with Gasteiger partial charge >= 0.3 is 0 Å². The van der Waals surface area contributed by atoms with Gasteiger partial charge in [-0.2, -0.15) is 0 Å². The molecule has 1 amide bonds. The SMILES string of the molecule is Cn1c(=S)[nH]c2cc(C(=O)N3CCC(c4c[nH]c5ccccc45)CC3)ccc2c1=O. The van der Waals surface area contributed by atoms with E-state index in [2.05, 4.69) is 34.4 Å². The van der Waals surface area contributed by atoms with E-state index < -0.39 is 0 Å². The third-order valence-electron chi connectivity index (χ3n) is 6.19. The Labute approximate surface area is 178 Å². The summed E-state index contributed by atoms with van der Waals surface area (Å²) in [6, 6.07) is 13.5. The zero-order valence-electron chi connectivity index (χ0n) is 16.6. The van der Waals surface area contributed by atoms with Gasteiger partial charge in [0.15, 0.2) is 4.77 Å². The minimum Gasteiger partial charge on any atom is -0.361 e. The second-order valence-corrected chi connectivity index (χ2v) is 8.30. The predicted molar refractivity (Wildman–Crippen MR) is 121 cm³/mol. The molecule has 1 fully saturated rings. The van der Waals surface area contributed by atoms with E-state index in [1.807, 2.05) is 11.0 Å². The average molecular weight is 419 g/mol. The number of aromatic amines is 2. The van der Waals surface area contributed by atoms with Crippen LogP contribution in [0.15, 0.2) is 53.5 Å². The molecule has 2 aromatic carbocycles. The van der Waals surface area contributed by atoms with Gasteiger partial charge < -0.3 is 14.9 Å². The summed E-state index contributed by atoms with van der Waals surface area (Å²) in [4.78, 5) is 33.7. The molecule has 30 heavy (non-hydrogen) atoms. The summed E-state index contributed by atoms with van der Waals surface area (Å²) in [5, 5.41) is 1.80. The Hall–Kier alpha value is -3.19. The van der Waals surface area contributed by atoms with Crippen LogP contribution in [0.4, 0.5) is 0 Å². The number of hydrogen-bond acceptors (Lipinski definition) is 3. The van der Waals surface area contributed by atoms with E-state index in [1.165, 1.54) is 15.5 Å². The summed E-state index contributed by atoms with van der Waals surface area (Å²) < 4.78 is 1.74. The lowest BCUT2D eigenvalue weighted by atomic mass is 9.89. The van der Waals surface area contributed by atoms with E-state index in [9.17, 15) is 9.59 Å². The summed E-state index contributed by atoms with van der Waals surface area (Å²) in [6.07, 6.45) is 3.98. The first-order valence-corrected chi connectivity index (χ1v) is 10.5. The highest BCUT2D eigenvalue weighted by Gasteiger charge is 2.26. The number of carbonyl (C=O) groups excluding carboxylic acids is 1. The largest absolute Gasteiger partial charge is 0.361 e. The van der Waals surface area contributed by atoms with E-state index in [0.29, 0.717) is 40.2 Å². The van der Waals surface area contributed by atoms with E-state index in [4.69, 9.17) is 12.2 Å². The van der Waals surface area contributed by atoms with Crippen molar-refractivity contribution in [3.05, 3.63) is 74.9 Å². The molecule has 0 spiro atoms. The summed E-state index contributed by atoms with van der Waals surface area (Å²) in [5.74, 6) is 0.440. The van der Waals surface area contributed by atoms with Crippen LogP contribution >= 0.6 is 12.2 Å². The molecule has 7 heteroatoms. The van der Waals surface area contributed by atoms with Gasteiger partial charge in [-0.15, -0.1) is 0 Å². The number of carbonyl (C=O) groups is 1. The molecule has 0 atom stereocenters. The van der Waals surface area contributed by atoms with Gasteiger partial charge in [0.1, 0.15) is 0 Å². The standard InChI is InChI=1S/C23H22N4O2S/c1-26-22(29)17-7-6-15(12-20(17)25-23(26)30)21(28)27-10-8-14(9-11-27)18-13-24-19-5-3-2-4-16(18)19/h2-7,12-14,24H,8-11H2,1H3,(H,25,30). The van der Waals surface area contributed by atoms with Gasteiger partial charge in [0.2, 0.25) is 0 Å². The van der Waals surface area contributed by atoms with E-state index in [0.717, 1.165) is 18.4 Å². The summed E-state index contributed by atoms with van der Waals surface area (Å²) >= 11 is 5.20. The maximum atomic E-state index is 13.1. The summed E-state index contributed by atoms with van der Waals surface area (Å²) in [7, 11) is 1.64. The fourth-order valence-corrected chi connectivity index (χ4v) is 4.64. The minimum atomic E-state index is -0.160. The van der Waals surface area contributed by atoms with Gasteiger partial charge in [0.25, 0.3) is 11.5 Å². The van der Waals surface area contributed by atoms with Crippen LogP contribution in [0.25, 0.3) is 21.8 Å². The smallest absolute Gasteiger partial charge is 0.261 e. The van der Waals surface area contributed by atoms with Gasteiger partial charge in [-0.3, -0.25) is 14.2 Å². The summed E-state index contributed by atoms with van der Waals surface area (Å²) in [6.45, 7) is 1.43. The third kappa shape index (κ3) is 3.06. The van der Waals surface area contributed by atoms with Crippen molar-refractivity contribution in [2.45, 2.75) is 18.8 Å². The van der Waals surface area contributed by atoms with Crippen LogP contribution in [0.2, 0.25) is 0 Å². The van der Waals surface area contributed by atoms with Crippen LogP contribution in [-0.4, -0.2) is 38.4 Å². The molecule has 4 aromatic rings. The fourth-order valence-electron chi connectivity index (χ4n) is 4.45. The molecule has 152 valence electrons. The number of aromatic nitrogens is 3. The van der Waals surface area contributed by atoms with Crippen molar-refractivity contribution in [3.63, 3.8) is 0 Å². The molecule has 0 unspecified atom stereocenters. The maximum absolute atomic E-state index is 13.1.